The average molecular weight is 341 g/mol. The van der Waals surface area contributed by atoms with Gasteiger partial charge >= 0.3 is 0 Å². The quantitative estimate of drug-likeness (QED) is 0.777. The molecule has 3 aromatic rings. The summed E-state index contributed by atoms with van der Waals surface area (Å²) in [4.78, 5) is 12.8. The molecule has 0 bridgehead atoms. The SMILES string of the molecule is C[C@H](NC(=O)c1cc2c(Cl)ccc3c2n1CCO3)c1ccccc1. The van der Waals surface area contributed by atoms with E-state index >= 15 is 0 Å². The number of carbonyl (C=O) groups excluding carboxylic acids is 1. The van der Waals surface area contributed by atoms with E-state index in [1.165, 1.54) is 0 Å². The van der Waals surface area contributed by atoms with Gasteiger partial charge in [-0.25, -0.2) is 0 Å². The molecule has 0 spiro atoms. The lowest BCUT2D eigenvalue weighted by Crippen LogP contribution is -2.29. The first-order chi connectivity index (χ1) is 11.6. The predicted molar refractivity (Wildman–Crippen MR) is 94.8 cm³/mol. The van der Waals surface area contributed by atoms with Crippen LogP contribution >= 0.6 is 11.6 Å². The number of nitrogens with one attached hydrogen (secondary N) is 1. The van der Waals surface area contributed by atoms with Gasteiger partial charge in [-0.1, -0.05) is 41.9 Å². The Balaban J connectivity index is 1.71. The number of carbonyl (C=O) groups is 1. The zero-order chi connectivity index (χ0) is 16.7. The number of nitrogens with zero attached hydrogens (tertiary/aromatic N) is 1. The van der Waals surface area contributed by atoms with Crippen LogP contribution in [0.4, 0.5) is 0 Å². The van der Waals surface area contributed by atoms with Gasteiger partial charge in [-0.2, -0.15) is 0 Å². The maximum atomic E-state index is 12.8. The second-order valence-corrected chi connectivity index (χ2v) is 6.35. The first-order valence-corrected chi connectivity index (χ1v) is 8.33. The van der Waals surface area contributed by atoms with Crippen LogP contribution in [0.15, 0.2) is 48.5 Å². The summed E-state index contributed by atoms with van der Waals surface area (Å²) < 4.78 is 7.68. The molecular weight excluding hydrogens is 324 g/mol. The lowest BCUT2D eigenvalue weighted by molar-refractivity contribution is 0.0929. The van der Waals surface area contributed by atoms with Crippen LogP contribution < -0.4 is 10.1 Å². The van der Waals surface area contributed by atoms with Crippen LogP contribution in [0.25, 0.3) is 10.9 Å². The highest BCUT2D eigenvalue weighted by Gasteiger charge is 2.23. The maximum absolute atomic E-state index is 12.8. The van der Waals surface area contributed by atoms with Crippen molar-refractivity contribution in [2.75, 3.05) is 6.61 Å². The molecule has 1 N–H and O–H groups in total. The Bertz CT molecular complexity index is 918. The van der Waals surface area contributed by atoms with Crippen LogP contribution in [0, 0.1) is 0 Å². The van der Waals surface area contributed by atoms with Crippen molar-refractivity contribution in [2.45, 2.75) is 19.5 Å². The van der Waals surface area contributed by atoms with Crippen LogP contribution in [0.2, 0.25) is 5.02 Å². The number of amides is 1. The lowest BCUT2D eigenvalue weighted by Gasteiger charge is -2.20. The molecule has 1 amide bonds. The highest BCUT2D eigenvalue weighted by molar-refractivity contribution is 6.36. The summed E-state index contributed by atoms with van der Waals surface area (Å²) >= 11 is 6.30. The van der Waals surface area contributed by atoms with Gasteiger partial charge in [0.15, 0.2) is 0 Å². The second kappa shape index (κ2) is 5.87. The topological polar surface area (TPSA) is 43.3 Å². The van der Waals surface area contributed by atoms with Gasteiger partial charge in [0.05, 0.1) is 23.1 Å². The van der Waals surface area contributed by atoms with Crippen molar-refractivity contribution in [2.24, 2.45) is 0 Å². The van der Waals surface area contributed by atoms with Gasteiger partial charge in [0.25, 0.3) is 5.91 Å². The Morgan fingerprint density at radius 3 is 2.83 bits per heavy atom. The molecule has 0 fully saturated rings. The third kappa shape index (κ3) is 2.43. The number of rotatable bonds is 3. The first-order valence-electron chi connectivity index (χ1n) is 7.95. The number of ether oxygens (including phenoxy) is 1. The fraction of sp³-hybridized carbons (Fsp3) is 0.211. The van der Waals surface area contributed by atoms with Gasteiger partial charge < -0.3 is 14.6 Å². The van der Waals surface area contributed by atoms with Crippen molar-refractivity contribution in [1.82, 2.24) is 9.88 Å². The van der Waals surface area contributed by atoms with Crippen molar-refractivity contribution < 1.29 is 9.53 Å². The van der Waals surface area contributed by atoms with E-state index in [-0.39, 0.29) is 11.9 Å². The highest BCUT2D eigenvalue weighted by Crippen LogP contribution is 2.36. The van der Waals surface area contributed by atoms with Crippen LogP contribution in [0.3, 0.4) is 0 Å². The minimum Gasteiger partial charge on any atom is -0.490 e. The van der Waals surface area contributed by atoms with E-state index in [4.69, 9.17) is 16.3 Å². The third-order valence-corrected chi connectivity index (χ3v) is 4.75. The third-order valence-electron chi connectivity index (χ3n) is 4.42. The molecule has 4 rings (SSSR count). The molecule has 1 aliphatic heterocycles. The Morgan fingerprint density at radius 1 is 1.25 bits per heavy atom. The fourth-order valence-corrected chi connectivity index (χ4v) is 3.40. The van der Waals surface area contributed by atoms with Gasteiger partial charge in [0, 0.05) is 5.39 Å². The number of halogens is 1. The maximum Gasteiger partial charge on any atom is 0.268 e. The van der Waals surface area contributed by atoms with E-state index in [9.17, 15) is 4.79 Å². The van der Waals surface area contributed by atoms with Gasteiger partial charge in [-0.05, 0) is 30.7 Å². The number of hydrogen-bond donors (Lipinski definition) is 1. The molecule has 122 valence electrons. The predicted octanol–water partition coefficient (Wildman–Crippen LogP) is 4.18. The molecule has 2 aromatic carbocycles. The summed E-state index contributed by atoms with van der Waals surface area (Å²) in [6, 6.07) is 15.4. The van der Waals surface area contributed by atoms with Crippen LogP contribution in [0.1, 0.15) is 29.0 Å². The molecule has 1 atom stereocenters. The van der Waals surface area contributed by atoms with Crippen molar-refractivity contribution in [3.63, 3.8) is 0 Å². The molecule has 0 saturated heterocycles. The lowest BCUT2D eigenvalue weighted by atomic mass is 10.1. The summed E-state index contributed by atoms with van der Waals surface area (Å²) in [5.74, 6) is 0.669. The number of aromatic nitrogens is 1. The molecule has 0 saturated carbocycles. The number of benzene rings is 2. The van der Waals surface area contributed by atoms with Crippen LogP contribution in [-0.2, 0) is 6.54 Å². The summed E-state index contributed by atoms with van der Waals surface area (Å²) in [5, 5.41) is 4.55. The van der Waals surface area contributed by atoms with Crippen molar-refractivity contribution in [3.05, 3.63) is 64.8 Å². The van der Waals surface area contributed by atoms with E-state index in [2.05, 4.69) is 5.32 Å². The van der Waals surface area contributed by atoms with E-state index in [1.807, 2.05) is 60.0 Å². The van der Waals surface area contributed by atoms with Gasteiger partial charge in [-0.15, -0.1) is 0 Å². The Morgan fingerprint density at radius 2 is 2.04 bits per heavy atom. The zero-order valence-electron chi connectivity index (χ0n) is 13.3. The standard InChI is InChI=1S/C19H17ClN2O2/c1-12(13-5-3-2-4-6-13)21-19(23)16-11-14-15(20)7-8-17-18(14)22(16)9-10-24-17/h2-8,11-12H,9-10H2,1H3,(H,21,23)/t12-/m0/s1. The van der Waals surface area contributed by atoms with E-state index in [0.29, 0.717) is 23.9 Å². The van der Waals surface area contributed by atoms with Gasteiger partial charge in [0.1, 0.15) is 18.1 Å². The molecule has 0 radical (unpaired) electrons. The molecule has 4 nitrogen and oxygen atoms in total. The van der Waals surface area contributed by atoms with Gasteiger partial charge in [0.2, 0.25) is 0 Å². The molecule has 0 unspecified atom stereocenters. The summed E-state index contributed by atoms with van der Waals surface area (Å²) in [6.07, 6.45) is 0. The monoisotopic (exact) mass is 340 g/mol. The molecule has 5 heteroatoms. The minimum atomic E-state index is -0.105. The smallest absolute Gasteiger partial charge is 0.268 e. The van der Waals surface area contributed by atoms with E-state index < -0.39 is 0 Å². The second-order valence-electron chi connectivity index (χ2n) is 5.94. The molecular formula is C19H17ClN2O2. The molecule has 1 aromatic heterocycles. The summed E-state index contributed by atoms with van der Waals surface area (Å²) in [5.41, 5.74) is 2.58. The minimum absolute atomic E-state index is 0.0701. The van der Waals surface area contributed by atoms with Gasteiger partial charge in [-0.3, -0.25) is 4.79 Å². The molecule has 0 aliphatic carbocycles. The van der Waals surface area contributed by atoms with Crippen molar-refractivity contribution >= 4 is 28.4 Å². The summed E-state index contributed by atoms with van der Waals surface area (Å²) in [6.45, 7) is 3.17. The molecule has 1 aliphatic rings. The highest BCUT2D eigenvalue weighted by atomic mass is 35.5. The van der Waals surface area contributed by atoms with Crippen LogP contribution in [-0.4, -0.2) is 17.1 Å². The molecule has 2 heterocycles. The Kier molecular flexibility index (Phi) is 3.69. The Labute approximate surface area is 145 Å². The summed E-state index contributed by atoms with van der Waals surface area (Å²) in [7, 11) is 0. The van der Waals surface area contributed by atoms with Crippen molar-refractivity contribution in [1.29, 1.82) is 0 Å². The molecule has 24 heavy (non-hydrogen) atoms. The van der Waals surface area contributed by atoms with Crippen molar-refractivity contribution in [3.8, 4) is 5.75 Å². The first kappa shape index (κ1) is 15.1. The van der Waals surface area contributed by atoms with Crippen LogP contribution in [0.5, 0.6) is 5.75 Å². The average Bonchev–Trinajstić information content (AvgIpc) is 3.01. The number of hydrogen-bond acceptors (Lipinski definition) is 2. The normalized spacial score (nSPS) is 14.2. The van der Waals surface area contributed by atoms with E-state index in [1.54, 1.807) is 0 Å². The zero-order valence-corrected chi connectivity index (χ0v) is 14.0. The van der Waals surface area contributed by atoms with E-state index in [0.717, 1.165) is 22.2 Å². The fourth-order valence-electron chi connectivity index (χ4n) is 3.19. The largest absolute Gasteiger partial charge is 0.490 e. The Hall–Kier alpha value is -2.46.